The maximum atomic E-state index is 12.8. The fourth-order valence-corrected chi connectivity index (χ4v) is 2.99. The van der Waals surface area contributed by atoms with E-state index in [-0.39, 0.29) is 5.91 Å². The number of morpholine rings is 1. The van der Waals surface area contributed by atoms with Crippen molar-refractivity contribution in [2.24, 2.45) is 0 Å². The number of benzene rings is 1. The summed E-state index contributed by atoms with van der Waals surface area (Å²) in [6.45, 7) is 2.38. The van der Waals surface area contributed by atoms with E-state index in [0.717, 1.165) is 30.0 Å². The smallest absolute Gasteiger partial charge is 0.276 e. The fourth-order valence-electron chi connectivity index (χ4n) is 2.99. The standard InChI is InChI=1S/C17H20N4O3/c1-23-14-6-4-13(5-7-14)21-16(12-2-3-12)15(18-19-21)17(22)20-8-10-24-11-9-20/h4-7,12H,2-3,8-11H2,1H3. The highest BCUT2D eigenvalue weighted by molar-refractivity contribution is 5.93. The fraction of sp³-hybridized carbons (Fsp3) is 0.471. The molecular formula is C17H20N4O3. The first-order chi connectivity index (χ1) is 11.8. The van der Waals surface area contributed by atoms with E-state index in [1.165, 1.54) is 0 Å². The van der Waals surface area contributed by atoms with E-state index in [4.69, 9.17) is 9.47 Å². The second-order valence-electron chi connectivity index (χ2n) is 6.11. The highest BCUT2D eigenvalue weighted by atomic mass is 16.5. The van der Waals surface area contributed by atoms with Crippen molar-refractivity contribution in [3.05, 3.63) is 35.7 Å². The summed E-state index contributed by atoms with van der Waals surface area (Å²) in [6, 6.07) is 7.64. The SMILES string of the molecule is COc1ccc(-n2nnc(C(=O)N3CCOCC3)c2C2CC2)cc1. The number of amides is 1. The Kier molecular flexibility index (Phi) is 3.93. The molecule has 0 radical (unpaired) electrons. The molecule has 126 valence electrons. The molecule has 1 amide bonds. The molecule has 0 atom stereocenters. The molecule has 2 aromatic rings. The predicted molar refractivity (Wildman–Crippen MR) is 86.6 cm³/mol. The average molecular weight is 328 g/mol. The van der Waals surface area contributed by atoms with Crippen LogP contribution in [0.15, 0.2) is 24.3 Å². The molecule has 1 aliphatic heterocycles. The molecule has 0 unspecified atom stereocenters. The van der Waals surface area contributed by atoms with Crippen molar-refractivity contribution in [2.75, 3.05) is 33.4 Å². The highest BCUT2D eigenvalue weighted by Crippen LogP contribution is 2.42. The van der Waals surface area contributed by atoms with Gasteiger partial charge in [0.1, 0.15) is 5.75 Å². The normalized spacial score (nSPS) is 17.8. The lowest BCUT2D eigenvalue weighted by Crippen LogP contribution is -2.41. The summed E-state index contributed by atoms with van der Waals surface area (Å²) in [5.41, 5.74) is 2.30. The van der Waals surface area contributed by atoms with Crippen LogP contribution in [0.4, 0.5) is 0 Å². The number of rotatable bonds is 4. The molecule has 1 aromatic carbocycles. The summed E-state index contributed by atoms with van der Waals surface area (Å²) in [7, 11) is 1.64. The second-order valence-corrected chi connectivity index (χ2v) is 6.11. The third-order valence-corrected chi connectivity index (χ3v) is 4.49. The number of hydrogen-bond acceptors (Lipinski definition) is 5. The van der Waals surface area contributed by atoms with E-state index in [9.17, 15) is 4.79 Å². The number of carbonyl (C=O) groups excluding carboxylic acids is 1. The molecule has 7 nitrogen and oxygen atoms in total. The zero-order chi connectivity index (χ0) is 16.5. The minimum absolute atomic E-state index is 0.0417. The summed E-state index contributed by atoms with van der Waals surface area (Å²) >= 11 is 0. The van der Waals surface area contributed by atoms with Crippen LogP contribution in [0, 0.1) is 0 Å². The molecule has 1 saturated carbocycles. The monoisotopic (exact) mass is 328 g/mol. The van der Waals surface area contributed by atoms with Gasteiger partial charge in [-0.25, -0.2) is 4.68 Å². The summed E-state index contributed by atoms with van der Waals surface area (Å²) < 4.78 is 12.3. The van der Waals surface area contributed by atoms with Gasteiger partial charge in [0.25, 0.3) is 5.91 Å². The first kappa shape index (κ1) is 15.1. The maximum absolute atomic E-state index is 12.8. The third kappa shape index (κ3) is 2.75. The van der Waals surface area contributed by atoms with Crippen LogP contribution in [0.2, 0.25) is 0 Å². The van der Waals surface area contributed by atoms with Crippen LogP contribution < -0.4 is 4.74 Å². The van der Waals surface area contributed by atoms with Crippen molar-refractivity contribution in [1.29, 1.82) is 0 Å². The average Bonchev–Trinajstić information content (AvgIpc) is 3.40. The van der Waals surface area contributed by atoms with Crippen molar-refractivity contribution < 1.29 is 14.3 Å². The van der Waals surface area contributed by atoms with Gasteiger partial charge in [-0.05, 0) is 37.1 Å². The first-order valence-electron chi connectivity index (χ1n) is 8.25. The predicted octanol–water partition coefficient (Wildman–Crippen LogP) is 1.63. The zero-order valence-electron chi connectivity index (χ0n) is 13.6. The number of carbonyl (C=O) groups is 1. The van der Waals surface area contributed by atoms with Crippen LogP contribution in [-0.2, 0) is 4.74 Å². The van der Waals surface area contributed by atoms with Gasteiger partial charge in [0.2, 0.25) is 0 Å². The maximum Gasteiger partial charge on any atom is 0.276 e. The molecule has 4 rings (SSSR count). The van der Waals surface area contributed by atoms with Gasteiger partial charge in [-0.15, -0.1) is 5.10 Å². The van der Waals surface area contributed by atoms with Gasteiger partial charge in [-0.3, -0.25) is 4.79 Å². The molecule has 24 heavy (non-hydrogen) atoms. The van der Waals surface area contributed by atoms with E-state index in [1.54, 1.807) is 16.7 Å². The second kappa shape index (κ2) is 6.24. The molecule has 7 heteroatoms. The quantitative estimate of drug-likeness (QED) is 0.853. The van der Waals surface area contributed by atoms with Crippen molar-refractivity contribution in [3.63, 3.8) is 0 Å². The highest BCUT2D eigenvalue weighted by Gasteiger charge is 2.35. The van der Waals surface area contributed by atoms with E-state index in [2.05, 4.69) is 10.3 Å². The van der Waals surface area contributed by atoms with E-state index < -0.39 is 0 Å². The Bertz CT molecular complexity index is 731. The summed E-state index contributed by atoms with van der Waals surface area (Å²) in [5.74, 6) is 1.11. The zero-order valence-corrected chi connectivity index (χ0v) is 13.6. The summed E-state index contributed by atoms with van der Waals surface area (Å²) in [5, 5.41) is 8.49. The number of aromatic nitrogens is 3. The molecule has 0 N–H and O–H groups in total. The summed E-state index contributed by atoms with van der Waals surface area (Å²) in [6.07, 6.45) is 2.15. The van der Waals surface area contributed by atoms with Crippen LogP contribution in [0.1, 0.15) is 34.9 Å². The Morgan fingerprint density at radius 1 is 1.21 bits per heavy atom. The Labute approximate surface area is 140 Å². The van der Waals surface area contributed by atoms with Crippen molar-refractivity contribution in [1.82, 2.24) is 19.9 Å². The van der Waals surface area contributed by atoms with Gasteiger partial charge >= 0.3 is 0 Å². The number of hydrogen-bond donors (Lipinski definition) is 0. The Morgan fingerprint density at radius 2 is 1.92 bits per heavy atom. The van der Waals surface area contributed by atoms with Crippen molar-refractivity contribution >= 4 is 5.91 Å². The Hall–Kier alpha value is -2.41. The van der Waals surface area contributed by atoms with E-state index in [0.29, 0.717) is 37.9 Å². The van der Waals surface area contributed by atoms with Crippen LogP contribution in [0.3, 0.4) is 0 Å². The lowest BCUT2D eigenvalue weighted by atomic mass is 10.2. The molecule has 2 aliphatic rings. The van der Waals surface area contributed by atoms with Gasteiger partial charge in [-0.2, -0.15) is 0 Å². The van der Waals surface area contributed by atoms with Gasteiger partial charge < -0.3 is 14.4 Å². The topological polar surface area (TPSA) is 69.5 Å². The van der Waals surface area contributed by atoms with Gasteiger partial charge in [0.05, 0.1) is 31.7 Å². The van der Waals surface area contributed by atoms with Crippen molar-refractivity contribution in [3.8, 4) is 11.4 Å². The molecule has 1 aromatic heterocycles. The number of methoxy groups -OCH3 is 1. The minimum atomic E-state index is -0.0417. The minimum Gasteiger partial charge on any atom is -0.497 e. The Morgan fingerprint density at radius 3 is 2.54 bits per heavy atom. The number of ether oxygens (including phenoxy) is 2. The van der Waals surface area contributed by atoms with Gasteiger partial charge in [-0.1, -0.05) is 5.21 Å². The molecular weight excluding hydrogens is 308 g/mol. The van der Waals surface area contributed by atoms with Crippen LogP contribution in [0.25, 0.3) is 5.69 Å². The largest absolute Gasteiger partial charge is 0.497 e. The van der Waals surface area contributed by atoms with Crippen molar-refractivity contribution in [2.45, 2.75) is 18.8 Å². The van der Waals surface area contributed by atoms with E-state index >= 15 is 0 Å². The van der Waals surface area contributed by atoms with Crippen LogP contribution in [0.5, 0.6) is 5.75 Å². The molecule has 2 heterocycles. The lowest BCUT2D eigenvalue weighted by Gasteiger charge is -2.26. The molecule has 1 saturated heterocycles. The molecule has 0 spiro atoms. The molecule has 2 fully saturated rings. The summed E-state index contributed by atoms with van der Waals surface area (Å²) in [4.78, 5) is 14.6. The Balaban J connectivity index is 1.68. The van der Waals surface area contributed by atoms with Crippen LogP contribution in [-0.4, -0.2) is 59.2 Å². The molecule has 0 bridgehead atoms. The third-order valence-electron chi connectivity index (χ3n) is 4.49. The molecule has 1 aliphatic carbocycles. The van der Waals surface area contributed by atoms with Gasteiger partial charge in [0, 0.05) is 19.0 Å². The lowest BCUT2D eigenvalue weighted by molar-refractivity contribution is 0.0298. The number of nitrogens with zero attached hydrogens (tertiary/aromatic N) is 4. The van der Waals surface area contributed by atoms with Gasteiger partial charge in [0.15, 0.2) is 5.69 Å². The first-order valence-corrected chi connectivity index (χ1v) is 8.25. The van der Waals surface area contributed by atoms with E-state index in [1.807, 2.05) is 24.3 Å². The van der Waals surface area contributed by atoms with Crippen LogP contribution >= 0.6 is 0 Å².